The van der Waals surface area contributed by atoms with E-state index in [2.05, 4.69) is 24.1 Å². The lowest BCUT2D eigenvalue weighted by Gasteiger charge is -2.41. The number of methoxy groups -OCH3 is 2. The first kappa shape index (κ1) is 14.3. The molecule has 1 aromatic carbocycles. The fraction of sp³-hybridized carbons (Fsp3) is 0.647. The van der Waals surface area contributed by atoms with Crippen molar-refractivity contribution in [1.29, 1.82) is 0 Å². The molecule has 2 heterocycles. The van der Waals surface area contributed by atoms with Gasteiger partial charge in [-0.25, -0.2) is 0 Å². The minimum Gasteiger partial charge on any atom is -0.493 e. The van der Waals surface area contributed by atoms with Gasteiger partial charge in [-0.2, -0.15) is 0 Å². The maximum Gasteiger partial charge on any atom is 0.161 e. The molecular formula is C17H23NO4. The van der Waals surface area contributed by atoms with Gasteiger partial charge in [0.05, 0.1) is 26.4 Å². The first-order chi connectivity index (χ1) is 10.6. The van der Waals surface area contributed by atoms with E-state index in [0.717, 1.165) is 30.9 Å². The number of aliphatic hydroxyl groups is 1. The van der Waals surface area contributed by atoms with Crippen molar-refractivity contribution in [3.8, 4) is 11.5 Å². The zero-order chi connectivity index (χ0) is 15.5. The lowest BCUT2D eigenvalue weighted by Crippen LogP contribution is -2.52. The van der Waals surface area contributed by atoms with Crippen molar-refractivity contribution >= 4 is 0 Å². The van der Waals surface area contributed by atoms with Gasteiger partial charge in [-0.15, -0.1) is 0 Å². The van der Waals surface area contributed by atoms with Gasteiger partial charge < -0.3 is 24.2 Å². The topological polar surface area (TPSA) is 54.5 Å². The van der Waals surface area contributed by atoms with Crippen LogP contribution in [-0.2, 0) is 10.2 Å². The van der Waals surface area contributed by atoms with Gasteiger partial charge in [-0.1, -0.05) is 6.07 Å². The molecule has 0 amide bonds. The van der Waals surface area contributed by atoms with Crippen LogP contribution in [0.5, 0.6) is 11.5 Å². The van der Waals surface area contributed by atoms with Crippen LogP contribution in [0.15, 0.2) is 18.2 Å². The largest absolute Gasteiger partial charge is 0.493 e. The van der Waals surface area contributed by atoms with E-state index in [9.17, 15) is 5.11 Å². The Bertz CT molecular complexity index is 592. The minimum absolute atomic E-state index is 0.00385. The van der Waals surface area contributed by atoms with Crippen LogP contribution in [0.2, 0.25) is 0 Å². The fourth-order valence-electron chi connectivity index (χ4n) is 4.62. The highest BCUT2D eigenvalue weighted by Crippen LogP contribution is 2.57. The van der Waals surface area contributed by atoms with Crippen molar-refractivity contribution < 1.29 is 19.3 Å². The van der Waals surface area contributed by atoms with Crippen LogP contribution in [-0.4, -0.2) is 62.2 Å². The summed E-state index contributed by atoms with van der Waals surface area (Å²) >= 11 is 0. The molecule has 22 heavy (non-hydrogen) atoms. The average molecular weight is 305 g/mol. The first-order valence-corrected chi connectivity index (χ1v) is 7.88. The molecule has 1 saturated carbocycles. The lowest BCUT2D eigenvalue weighted by atomic mass is 9.65. The molecule has 1 aliphatic carbocycles. The first-order valence-electron chi connectivity index (χ1n) is 7.88. The Morgan fingerprint density at radius 2 is 2.05 bits per heavy atom. The van der Waals surface area contributed by atoms with Crippen molar-refractivity contribution in [3.05, 3.63) is 23.8 Å². The number of ether oxygens (including phenoxy) is 3. The zero-order valence-corrected chi connectivity index (χ0v) is 13.3. The molecule has 0 bridgehead atoms. The van der Waals surface area contributed by atoms with Crippen molar-refractivity contribution in [2.24, 2.45) is 0 Å². The number of epoxide rings is 1. The van der Waals surface area contributed by atoms with E-state index in [4.69, 9.17) is 14.2 Å². The van der Waals surface area contributed by atoms with Gasteiger partial charge in [0, 0.05) is 11.5 Å². The summed E-state index contributed by atoms with van der Waals surface area (Å²) in [7, 11) is 5.46. The Morgan fingerprint density at radius 1 is 1.27 bits per heavy atom. The highest BCUT2D eigenvalue weighted by Gasteiger charge is 2.67. The predicted octanol–water partition coefficient (Wildman–Crippen LogP) is 1.18. The molecule has 3 aliphatic rings. The SMILES string of the molecule is COc1ccc([C@]23CCN(C)[C@H]2C[C@H](O)[C@@H]2O[C@@H]23)cc1OC. The Kier molecular flexibility index (Phi) is 3.15. The van der Waals surface area contributed by atoms with Crippen LogP contribution in [0.25, 0.3) is 0 Å². The summed E-state index contributed by atoms with van der Waals surface area (Å²) in [5, 5.41) is 10.2. The van der Waals surface area contributed by atoms with E-state index >= 15 is 0 Å². The van der Waals surface area contributed by atoms with Gasteiger partial charge >= 0.3 is 0 Å². The van der Waals surface area contributed by atoms with E-state index in [0.29, 0.717) is 6.04 Å². The third-order valence-electron chi connectivity index (χ3n) is 5.80. The molecule has 2 aliphatic heterocycles. The summed E-state index contributed by atoms with van der Waals surface area (Å²) in [6, 6.07) is 6.50. The highest BCUT2D eigenvalue weighted by molar-refractivity contribution is 5.48. The molecule has 0 spiro atoms. The lowest BCUT2D eigenvalue weighted by molar-refractivity contribution is 0.0768. The number of aliphatic hydroxyl groups excluding tert-OH is 1. The van der Waals surface area contributed by atoms with Gasteiger partial charge in [0.25, 0.3) is 0 Å². The number of nitrogens with zero attached hydrogens (tertiary/aromatic N) is 1. The average Bonchev–Trinajstić information content (AvgIpc) is 3.29. The molecular weight excluding hydrogens is 282 g/mol. The van der Waals surface area contributed by atoms with E-state index in [1.54, 1.807) is 14.2 Å². The molecule has 0 unspecified atom stereocenters. The van der Waals surface area contributed by atoms with Gasteiger partial charge in [0.1, 0.15) is 6.10 Å². The molecule has 0 aromatic heterocycles. The maximum absolute atomic E-state index is 10.2. The number of hydrogen-bond acceptors (Lipinski definition) is 5. The Hall–Kier alpha value is -1.30. The fourth-order valence-corrected chi connectivity index (χ4v) is 4.62. The molecule has 4 rings (SSSR count). The summed E-state index contributed by atoms with van der Waals surface area (Å²) in [4.78, 5) is 2.36. The van der Waals surface area contributed by atoms with Gasteiger partial charge in [0.15, 0.2) is 11.5 Å². The second-order valence-corrected chi connectivity index (χ2v) is 6.68. The number of rotatable bonds is 3. The number of likely N-dealkylation sites (tertiary alicyclic amines) is 1. The Labute approximate surface area is 130 Å². The summed E-state index contributed by atoms with van der Waals surface area (Å²) in [6.45, 7) is 1.03. The summed E-state index contributed by atoms with van der Waals surface area (Å²) < 4.78 is 16.7. The van der Waals surface area contributed by atoms with Crippen LogP contribution in [0, 0.1) is 0 Å². The standard InChI is InChI=1S/C17H23NO4/c1-18-7-6-17(14(18)9-11(19)15-16(17)22-15)10-4-5-12(20-2)13(8-10)21-3/h4-5,8,11,14-16,19H,6-7,9H2,1-3H3/t11-,14-,15-,16-,17+/m0/s1. The van der Waals surface area contributed by atoms with Crippen molar-refractivity contribution in [1.82, 2.24) is 4.90 Å². The Morgan fingerprint density at radius 3 is 2.77 bits per heavy atom. The monoisotopic (exact) mass is 305 g/mol. The molecule has 120 valence electrons. The third-order valence-corrected chi connectivity index (χ3v) is 5.80. The normalized spacial score (nSPS) is 40.0. The van der Waals surface area contributed by atoms with Crippen molar-refractivity contribution in [3.63, 3.8) is 0 Å². The van der Waals surface area contributed by atoms with Crippen molar-refractivity contribution in [2.75, 3.05) is 27.8 Å². The van der Waals surface area contributed by atoms with Crippen molar-refractivity contribution in [2.45, 2.75) is 42.6 Å². The summed E-state index contributed by atoms with van der Waals surface area (Å²) in [5.41, 5.74) is 1.19. The molecule has 5 heteroatoms. The van der Waals surface area contributed by atoms with Crippen LogP contribution in [0.3, 0.4) is 0 Å². The van der Waals surface area contributed by atoms with E-state index < -0.39 is 0 Å². The number of likely N-dealkylation sites (N-methyl/N-ethyl adjacent to an activating group) is 1. The smallest absolute Gasteiger partial charge is 0.161 e. The third kappa shape index (κ3) is 1.76. The second kappa shape index (κ2) is 4.85. The zero-order valence-electron chi connectivity index (χ0n) is 13.3. The molecule has 0 radical (unpaired) electrons. The van der Waals surface area contributed by atoms with E-state index in [1.165, 1.54) is 5.56 Å². The number of fused-ring (bicyclic) bond motifs is 3. The molecule has 1 aromatic rings. The van der Waals surface area contributed by atoms with Crippen LogP contribution in [0.4, 0.5) is 0 Å². The molecule has 2 saturated heterocycles. The highest BCUT2D eigenvalue weighted by atomic mass is 16.6. The molecule has 5 nitrogen and oxygen atoms in total. The maximum atomic E-state index is 10.2. The van der Waals surface area contributed by atoms with E-state index in [1.807, 2.05) is 6.07 Å². The van der Waals surface area contributed by atoms with Gasteiger partial charge in [-0.05, 0) is 44.1 Å². The number of benzene rings is 1. The van der Waals surface area contributed by atoms with Crippen LogP contribution < -0.4 is 9.47 Å². The van der Waals surface area contributed by atoms with Gasteiger partial charge in [0.2, 0.25) is 0 Å². The minimum atomic E-state index is -0.344. The summed E-state index contributed by atoms with van der Waals surface area (Å²) in [6.07, 6.45) is 1.59. The number of hydrogen-bond donors (Lipinski definition) is 1. The van der Waals surface area contributed by atoms with Crippen LogP contribution in [0.1, 0.15) is 18.4 Å². The molecule has 5 atom stereocenters. The Balaban J connectivity index is 1.79. The molecule has 3 fully saturated rings. The summed E-state index contributed by atoms with van der Waals surface area (Å²) in [5.74, 6) is 1.50. The quantitative estimate of drug-likeness (QED) is 0.850. The van der Waals surface area contributed by atoms with Crippen LogP contribution >= 0.6 is 0 Å². The van der Waals surface area contributed by atoms with E-state index in [-0.39, 0.29) is 23.7 Å². The second-order valence-electron chi connectivity index (χ2n) is 6.68. The molecule has 1 N–H and O–H groups in total. The predicted molar refractivity (Wildman–Crippen MR) is 81.5 cm³/mol. The van der Waals surface area contributed by atoms with Gasteiger partial charge in [-0.3, -0.25) is 0 Å².